The van der Waals surface area contributed by atoms with E-state index in [9.17, 15) is 0 Å². The molecule has 1 atom stereocenters. The van der Waals surface area contributed by atoms with E-state index in [0.717, 1.165) is 23.8 Å². The maximum atomic E-state index is 5.74. The third-order valence-electron chi connectivity index (χ3n) is 2.59. The molecule has 2 heterocycles. The number of anilines is 1. The topological polar surface area (TPSA) is 55.0 Å². The second-order valence-corrected chi connectivity index (χ2v) is 5.01. The van der Waals surface area contributed by atoms with Crippen LogP contribution in [-0.2, 0) is 0 Å². The van der Waals surface area contributed by atoms with Gasteiger partial charge in [0.2, 0.25) is 0 Å². The first-order chi connectivity index (χ1) is 7.16. The normalized spacial score (nSPS) is 22.9. The molecule has 5 heteroatoms. The monoisotopic (exact) mass is 224 g/mol. The minimum Gasteiger partial charge on any atom is -0.384 e. The third-order valence-corrected chi connectivity index (χ3v) is 3.61. The fourth-order valence-electron chi connectivity index (χ4n) is 1.72. The van der Waals surface area contributed by atoms with Gasteiger partial charge in [-0.05, 0) is 14.0 Å². The van der Waals surface area contributed by atoms with Crippen molar-refractivity contribution in [3.8, 4) is 0 Å². The van der Waals surface area contributed by atoms with E-state index in [0.29, 0.717) is 11.9 Å². The van der Waals surface area contributed by atoms with Crippen LogP contribution >= 0.6 is 11.8 Å². The summed E-state index contributed by atoms with van der Waals surface area (Å²) in [5.41, 5.74) is 6.68. The Bertz CT molecular complexity index is 335. The highest BCUT2D eigenvalue weighted by Gasteiger charge is 2.23. The van der Waals surface area contributed by atoms with Gasteiger partial charge >= 0.3 is 0 Å². The largest absolute Gasteiger partial charge is 0.384 e. The fraction of sp³-hybridized carbons (Fsp3) is 0.600. The molecule has 15 heavy (non-hydrogen) atoms. The van der Waals surface area contributed by atoms with Crippen LogP contribution in [0.1, 0.15) is 17.6 Å². The number of aromatic nitrogens is 2. The van der Waals surface area contributed by atoms with Crippen LogP contribution in [0.15, 0.2) is 6.07 Å². The molecule has 1 fully saturated rings. The van der Waals surface area contributed by atoms with Gasteiger partial charge in [0.15, 0.2) is 0 Å². The lowest BCUT2D eigenvalue weighted by molar-refractivity contribution is 0.264. The molecule has 0 saturated carbocycles. The Hall–Kier alpha value is -0.810. The summed E-state index contributed by atoms with van der Waals surface area (Å²) in [6.45, 7) is 3.05. The van der Waals surface area contributed by atoms with Crippen molar-refractivity contribution in [3.05, 3.63) is 17.6 Å². The van der Waals surface area contributed by atoms with Crippen molar-refractivity contribution >= 4 is 17.6 Å². The van der Waals surface area contributed by atoms with Gasteiger partial charge in [0, 0.05) is 29.8 Å². The summed E-state index contributed by atoms with van der Waals surface area (Å²) in [5.74, 6) is 3.68. The van der Waals surface area contributed by atoms with Gasteiger partial charge in [-0.25, -0.2) is 9.97 Å². The average Bonchev–Trinajstić information content (AvgIpc) is 2.16. The fourth-order valence-corrected chi connectivity index (χ4v) is 2.93. The number of nitrogens with zero attached hydrogens (tertiary/aromatic N) is 3. The molecular weight excluding hydrogens is 208 g/mol. The molecule has 0 aromatic carbocycles. The summed E-state index contributed by atoms with van der Waals surface area (Å²) < 4.78 is 0. The predicted octanol–water partition coefficient (Wildman–Crippen LogP) is 1.09. The van der Waals surface area contributed by atoms with Crippen LogP contribution in [0.25, 0.3) is 0 Å². The van der Waals surface area contributed by atoms with Gasteiger partial charge in [-0.1, -0.05) is 0 Å². The maximum Gasteiger partial charge on any atom is 0.148 e. The maximum absolute atomic E-state index is 5.74. The Morgan fingerprint density at radius 3 is 3.00 bits per heavy atom. The first kappa shape index (κ1) is 10.7. The Balaban J connectivity index is 2.27. The van der Waals surface area contributed by atoms with Gasteiger partial charge < -0.3 is 5.73 Å². The van der Waals surface area contributed by atoms with Crippen molar-refractivity contribution < 1.29 is 0 Å². The van der Waals surface area contributed by atoms with Gasteiger partial charge in [-0.2, -0.15) is 11.8 Å². The summed E-state index contributed by atoms with van der Waals surface area (Å²) in [7, 11) is 2.12. The van der Waals surface area contributed by atoms with Gasteiger partial charge in [-0.3, -0.25) is 4.90 Å². The lowest BCUT2D eigenvalue weighted by Gasteiger charge is -2.30. The second-order valence-electron chi connectivity index (χ2n) is 3.86. The smallest absolute Gasteiger partial charge is 0.148 e. The summed E-state index contributed by atoms with van der Waals surface area (Å²) in [6, 6.07) is 2.12. The molecule has 1 aliphatic heterocycles. The molecule has 0 bridgehead atoms. The van der Waals surface area contributed by atoms with Crippen molar-refractivity contribution in [2.75, 3.05) is 30.8 Å². The van der Waals surface area contributed by atoms with Crippen LogP contribution in [0.4, 0.5) is 5.82 Å². The zero-order chi connectivity index (χ0) is 10.8. The van der Waals surface area contributed by atoms with Gasteiger partial charge in [0.25, 0.3) is 0 Å². The third kappa shape index (κ3) is 2.41. The lowest BCUT2D eigenvalue weighted by atomic mass is 10.2. The molecule has 82 valence electrons. The van der Waals surface area contributed by atoms with Gasteiger partial charge in [0.05, 0.1) is 6.04 Å². The number of hydrogen-bond donors (Lipinski definition) is 1. The Labute approximate surface area is 94.3 Å². The van der Waals surface area contributed by atoms with E-state index >= 15 is 0 Å². The molecule has 0 amide bonds. The standard InChI is InChI=1S/C10H16N4S/c1-7-5-9(11)13-10(12-7)8-6-15-4-3-14(8)2/h5,8H,3-4,6H2,1-2H3,(H2,11,12,13). The molecule has 0 spiro atoms. The van der Waals surface area contributed by atoms with E-state index in [1.54, 1.807) is 6.07 Å². The van der Waals surface area contributed by atoms with Crippen LogP contribution in [0.2, 0.25) is 0 Å². The highest BCUT2D eigenvalue weighted by molar-refractivity contribution is 7.99. The highest BCUT2D eigenvalue weighted by Crippen LogP contribution is 2.26. The highest BCUT2D eigenvalue weighted by atomic mass is 32.2. The molecule has 2 rings (SSSR count). The van der Waals surface area contributed by atoms with Crippen molar-refractivity contribution in [2.45, 2.75) is 13.0 Å². The summed E-state index contributed by atoms with van der Waals surface area (Å²) in [4.78, 5) is 11.1. The number of aryl methyl sites for hydroxylation is 1. The van der Waals surface area contributed by atoms with Crippen LogP contribution in [0.5, 0.6) is 0 Å². The van der Waals surface area contributed by atoms with Crippen LogP contribution in [-0.4, -0.2) is 40.0 Å². The number of nitrogen functional groups attached to an aromatic ring is 1. The Morgan fingerprint density at radius 1 is 1.53 bits per heavy atom. The van der Waals surface area contributed by atoms with E-state index in [4.69, 9.17) is 5.73 Å². The molecule has 1 saturated heterocycles. The van der Waals surface area contributed by atoms with E-state index in [-0.39, 0.29) is 0 Å². The molecule has 1 unspecified atom stereocenters. The predicted molar refractivity (Wildman–Crippen MR) is 63.9 cm³/mol. The SMILES string of the molecule is Cc1cc(N)nc(C2CSCCN2C)n1. The van der Waals surface area contributed by atoms with Crippen molar-refractivity contribution in [3.63, 3.8) is 0 Å². The van der Waals surface area contributed by atoms with E-state index in [1.807, 2.05) is 18.7 Å². The van der Waals surface area contributed by atoms with Crippen LogP contribution in [0.3, 0.4) is 0 Å². The number of rotatable bonds is 1. The second kappa shape index (κ2) is 4.37. The Kier molecular flexibility index (Phi) is 3.11. The summed E-state index contributed by atoms with van der Waals surface area (Å²) in [5, 5.41) is 0. The molecule has 0 aliphatic carbocycles. The minimum atomic E-state index is 0.311. The summed E-state index contributed by atoms with van der Waals surface area (Å²) >= 11 is 1.95. The van der Waals surface area contributed by atoms with Crippen molar-refractivity contribution in [1.29, 1.82) is 0 Å². The van der Waals surface area contributed by atoms with E-state index in [1.165, 1.54) is 5.75 Å². The number of thioether (sulfide) groups is 1. The molecular formula is C10H16N4S. The Morgan fingerprint density at radius 2 is 2.33 bits per heavy atom. The molecule has 2 N–H and O–H groups in total. The van der Waals surface area contributed by atoms with Crippen molar-refractivity contribution in [2.24, 2.45) is 0 Å². The zero-order valence-corrected chi connectivity index (χ0v) is 9.92. The average molecular weight is 224 g/mol. The molecule has 0 radical (unpaired) electrons. The molecule has 1 aromatic heterocycles. The lowest BCUT2D eigenvalue weighted by Crippen LogP contribution is -2.34. The quantitative estimate of drug-likeness (QED) is 0.774. The molecule has 4 nitrogen and oxygen atoms in total. The van der Waals surface area contributed by atoms with Crippen molar-refractivity contribution in [1.82, 2.24) is 14.9 Å². The number of hydrogen-bond acceptors (Lipinski definition) is 5. The first-order valence-corrected chi connectivity index (χ1v) is 6.21. The minimum absolute atomic E-state index is 0.311. The molecule has 1 aliphatic rings. The van der Waals surface area contributed by atoms with Crippen LogP contribution < -0.4 is 5.73 Å². The van der Waals surface area contributed by atoms with E-state index < -0.39 is 0 Å². The summed E-state index contributed by atoms with van der Waals surface area (Å²) in [6.07, 6.45) is 0. The van der Waals surface area contributed by atoms with Gasteiger partial charge in [0.1, 0.15) is 11.6 Å². The molecule has 1 aromatic rings. The first-order valence-electron chi connectivity index (χ1n) is 5.06. The zero-order valence-electron chi connectivity index (χ0n) is 9.10. The number of nitrogens with two attached hydrogens (primary N) is 1. The van der Waals surface area contributed by atoms with E-state index in [2.05, 4.69) is 21.9 Å². The van der Waals surface area contributed by atoms with Gasteiger partial charge in [-0.15, -0.1) is 0 Å². The van der Waals surface area contributed by atoms with Crippen LogP contribution in [0, 0.1) is 6.92 Å².